The Kier molecular flexibility index (Phi) is 5.10. The van der Waals surface area contributed by atoms with E-state index in [0.29, 0.717) is 11.5 Å². The quantitative estimate of drug-likeness (QED) is 0.808. The molecule has 1 atom stereocenters. The number of amides is 2. The fraction of sp³-hybridized carbons (Fsp3) is 0.400. The Hall–Kier alpha value is -1.99. The lowest BCUT2D eigenvalue weighted by Gasteiger charge is -2.16. The number of nitrogens with zero attached hydrogens (tertiary/aromatic N) is 2. The van der Waals surface area contributed by atoms with Crippen LogP contribution in [0.15, 0.2) is 29.2 Å². The van der Waals surface area contributed by atoms with Crippen LogP contribution in [0.1, 0.15) is 38.3 Å². The number of rotatable bonds is 4. The molecule has 0 aliphatic heterocycles. The van der Waals surface area contributed by atoms with Gasteiger partial charge in [0.25, 0.3) is 0 Å². The summed E-state index contributed by atoms with van der Waals surface area (Å²) in [6, 6.07) is 1.43. The van der Waals surface area contributed by atoms with Crippen LogP contribution < -0.4 is 10.6 Å². The largest absolute Gasteiger partial charge is 0.387 e. The first kappa shape index (κ1) is 16.4. The van der Waals surface area contributed by atoms with Crippen LogP contribution in [0.4, 0.5) is 10.5 Å². The molecule has 22 heavy (non-hydrogen) atoms. The molecule has 0 fully saturated rings. The number of carbonyl (C=O) groups excluding carboxylic acids is 1. The zero-order valence-corrected chi connectivity index (χ0v) is 13.6. The SMILES string of the molecule is CC(C)(C)c1ncc(NC(=O)NCC(O)c2ccsc2)cn1. The summed E-state index contributed by atoms with van der Waals surface area (Å²) in [6.07, 6.45) is 2.43. The average molecular weight is 320 g/mol. The average Bonchev–Trinajstić information content (AvgIpc) is 2.98. The van der Waals surface area contributed by atoms with Gasteiger partial charge < -0.3 is 15.7 Å². The minimum atomic E-state index is -0.712. The van der Waals surface area contributed by atoms with Gasteiger partial charge in [0.05, 0.1) is 24.2 Å². The van der Waals surface area contributed by atoms with Crippen molar-refractivity contribution in [3.05, 3.63) is 40.6 Å². The summed E-state index contributed by atoms with van der Waals surface area (Å²) in [7, 11) is 0. The van der Waals surface area contributed by atoms with Gasteiger partial charge in [0.15, 0.2) is 0 Å². The molecule has 118 valence electrons. The standard InChI is InChI=1S/C15H20N4O2S/c1-15(2,3)13-16-6-11(7-17-13)19-14(21)18-8-12(20)10-4-5-22-9-10/h4-7,9,12,20H,8H2,1-3H3,(H2,18,19,21). The Morgan fingerprint density at radius 2 is 2.05 bits per heavy atom. The molecule has 6 nitrogen and oxygen atoms in total. The van der Waals surface area contributed by atoms with Gasteiger partial charge in [-0.2, -0.15) is 11.3 Å². The van der Waals surface area contributed by atoms with E-state index in [-0.39, 0.29) is 12.0 Å². The molecule has 2 rings (SSSR count). The van der Waals surface area contributed by atoms with Crippen molar-refractivity contribution in [3.8, 4) is 0 Å². The number of aliphatic hydroxyl groups is 1. The molecule has 2 amide bonds. The molecule has 1 unspecified atom stereocenters. The first-order chi connectivity index (χ1) is 10.4. The maximum atomic E-state index is 11.8. The summed E-state index contributed by atoms with van der Waals surface area (Å²) in [5, 5.41) is 18.9. The van der Waals surface area contributed by atoms with E-state index in [1.807, 2.05) is 37.6 Å². The number of nitrogens with one attached hydrogen (secondary N) is 2. The second-order valence-electron chi connectivity index (χ2n) is 5.95. The normalized spacial score (nSPS) is 12.7. The number of aliphatic hydroxyl groups excluding tert-OH is 1. The highest BCUT2D eigenvalue weighted by molar-refractivity contribution is 7.07. The van der Waals surface area contributed by atoms with E-state index in [0.717, 1.165) is 5.56 Å². The van der Waals surface area contributed by atoms with Gasteiger partial charge in [0.2, 0.25) is 0 Å². The van der Waals surface area contributed by atoms with Crippen molar-refractivity contribution >= 4 is 23.1 Å². The Morgan fingerprint density at radius 3 is 2.59 bits per heavy atom. The summed E-state index contributed by atoms with van der Waals surface area (Å²) < 4.78 is 0. The van der Waals surface area contributed by atoms with Crippen molar-refractivity contribution in [2.24, 2.45) is 0 Å². The van der Waals surface area contributed by atoms with E-state index < -0.39 is 12.1 Å². The van der Waals surface area contributed by atoms with Crippen LogP contribution in [0.5, 0.6) is 0 Å². The lowest BCUT2D eigenvalue weighted by atomic mass is 9.96. The molecule has 2 heterocycles. The zero-order valence-electron chi connectivity index (χ0n) is 12.8. The van der Waals surface area contributed by atoms with Crippen LogP contribution in [0.25, 0.3) is 0 Å². The maximum absolute atomic E-state index is 11.8. The number of thiophene rings is 1. The van der Waals surface area contributed by atoms with Crippen LogP contribution in [0.3, 0.4) is 0 Å². The molecular weight excluding hydrogens is 300 g/mol. The van der Waals surface area contributed by atoms with Gasteiger partial charge in [-0.05, 0) is 22.4 Å². The lowest BCUT2D eigenvalue weighted by Crippen LogP contribution is -2.32. The minimum Gasteiger partial charge on any atom is -0.387 e. The predicted octanol–water partition coefficient (Wildman–Crippen LogP) is 2.69. The number of hydrogen-bond acceptors (Lipinski definition) is 5. The molecule has 0 aliphatic carbocycles. The first-order valence-electron chi connectivity index (χ1n) is 6.94. The third-order valence-electron chi connectivity index (χ3n) is 2.96. The van der Waals surface area contributed by atoms with E-state index in [2.05, 4.69) is 20.6 Å². The van der Waals surface area contributed by atoms with Crippen LogP contribution in [-0.4, -0.2) is 27.7 Å². The van der Waals surface area contributed by atoms with Crippen molar-refractivity contribution in [3.63, 3.8) is 0 Å². The molecule has 2 aromatic rings. The second kappa shape index (κ2) is 6.85. The number of anilines is 1. The van der Waals surface area contributed by atoms with E-state index in [1.165, 1.54) is 11.3 Å². The highest BCUT2D eigenvalue weighted by Crippen LogP contribution is 2.18. The van der Waals surface area contributed by atoms with Crippen LogP contribution in [0.2, 0.25) is 0 Å². The summed E-state index contributed by atoms with van der Waals surface area (Å²) in [6.45, 7) is 6.21. The third kappa shape index (κ3) is 4.51. The fourth-order valence-corrected chi connectivity index (χ4v) is 2.43. The summed E-state index contributed by atoms with van der Waals surface area (Å²) in [5.74, 6) is 0.714. The molecule has 0 aromatic carbocycles. The van der Waals surface area contributed by atoms with E-state index in [4.69, 9.17) is 0 Å². The molecule has 0 saturated heterocycles. The molecular formula is C15H20N4O2S. The van der Waals surface area contributed by atoms with Crippen molar-refractivity contribution < 1.29 is 9.90 Å². The Morgan fingerprint density at radius 1 is 1.36 bits per heavy atom. The number of urea groups is 1. The monoisotopic (exact) mass is 320 g/mol. The topological polar surface area (TPSA) is 87.1 Å². The Labute approximate surface area is 133 Å². The highest BCUT2D eigenvalue weighted by atomic mass is 32.1. The fourth-order valence-electron chi connectivity index (χ4n) is 1.73. The number of aromatic nitrogens is 2. The van der Waals surface area contributed by atoms with Crippen molar-refractivity contribution in [1.29, 1.82) is 0 Å². The second-order valence-corrected chi connectivity index (χ2v) is 6.73. The third-order valence-corrected chi connectivity index (χ3v) is 3.67. The molecule has 3 N–H and O–H groups in total. The minimum absolute atomic E-state index is 0.133. The lowest BCUT2D eigenvalue weighted by molar-refractivity contribution is 0.175. The molecule has 0 spiro atoms. The molecule has 7 heteroatoms. The molecule has 0 saturated carbocycles. The summed E-state index contributed by atoms with van der Waals surface area (Å²) in [4.78, 5) is 20.3. The Bertz CT molecular complexity index is 605. The molecule has 0 aliphatic rings. The van der Waals surface area contributed by atoms with E-state index in [9.17, 15) is 9.90 Å². The van der Waals surface area contributed by atoms with Gasteiger partial charge in [-0.25, -0.2) is 14.8 Å². The first-order valence-corrected chi connectivity index (χ1v) is 7.88. The maximum Gasteiger partial charge on any atom is 0.319 e. The highest BCUT2D eigenvalue weighted by Gasteiger charge is 2.17. The summed E-state index contributed by atoms with van der Waals surface area (Å²) >= 11 is 1.50. The zero-order chi connectivity index (χ0) is 16.2. The van der Waals surface area contributed by atoms with Crippen LogP contribution in [0, 0.1) is 0 Å². The van der Waals surface area contributed by atoms with Gasteiger partial charge in [0, 0.05) is 12.0 Å². The molecule has 0 radical (unpaired) electrons. The van der Waals surface area contributed by atoms with E-state index >= 15 is 0 Å². The van der Waals surface area contributed by atoms with E-state index in [1.54, 1.807) is 12.4 Å². The predicted molar refractivity (Wildman–Crippen MR) is 87.0 cm³/mol. The van der Waals surface area contributed by atoms with Gasteiger partial charge >= 0.3 is 6.03 Å². The van der Waals surface area contributed by atoms with Crippen molar-refractivity contribution in [2.45, 2.75) is 32.3 Å². The van der Waals surface area contributed by atoms with Gasteiger partial charge in [0.1, 0.15) is 5.82 Å². The summed E-state index contributed by atoms with van der Waals surface area (Å²) in [5.41, 5.74) is 1.17. The van der Waals surface area contributed by atoms with Gasteiger partial charge in [-0.1, -0.05) is 20.8 Å². The molecule has 0 bridgehead atoms. The Balaban J connectivity index is 1.84. The van der Waals surface area contributed by atoms with Crippen LogP contribution in [-0.2, 0) is 5.41 Å². The smallest absolute Gasteiger partial charge is 0.319 e. The van der Waals surface area contributed by atoms with Gasteiger partial charge in [-0.3, -0.25) is 0 Å². The van der Waals surface area contributed by atoms with Crippen molar-refractivity contribution in [2.75, 3.05) is 11.9 Å². The molecule has 2 aromatic heterocycles. The number of carbonyl (C=O) groups is 1. The van der Waals surface area contributed by atoms with Gasteiger partial charge in [-0.15, -0.1) is 0 Å². The van der Waals surface area contributed by atoms with Crippen LogP contribution >= 0.6 is 11.3 Å². The number of hydrogen-bond donors (Lipinski definition) is 3. The van der Waals surface area contributed by atoms with Crippen molar-refractivity contribution in [1.82, 2.24) is 15.3 Å².